The molecule has 0 aliphatic carbocycles. The van der Waals surface area contributed by atoms with Crippen LogP contribution in [0.5, 0.6) is 0 Å². The highest BCUT2D eigenvalue weighted by atomic mass is 32.2. The number of hydrogen-bond donors (Lipinski definition) is 2. The van der Waals surface area contributed by atoms with Gasteiger partial charge in [0, 0.05) is 6.54 Å². The van der Waals surface area contributed by atoms with Crippen LogP contribution in [0.1, 0.15) is 35.2 Å². The van der Waals surface area contributed by atoms with Crippen molar-refractivity contribution in [3.05, 3.63) is 17.1 Å². The van der Waals surface area contributed by atoms with E-state index in [1.165, 1.54) is 11.8 Å². The van der Waals surface area contributed by atoms with Crippen LogP contribution in [0.25, 0.3) is 0 Å². The fourth-order valence-electron chi connectivity index (χ4n) is 1.53. The van der Waals surface area contributed by atoms with Crippen molar-refractivity contribution in [2.75, 3.05) is 12.8 Å². The zero-order valence-corrected chi connectivity index (χ0v) is 12.0. The van der Waals surface area contributed by atoms with E-state index in [1.807, 2.05) is 13.2 Å². The molecule has 18 heavy (non-hydrogen) atoms. The highest BCUT2D eigenvalue weighted by Gasteiger charge is 2.17. The maximum atomic E-state index is 12.1. The Hall–Kier alpha value is -1.14. The number of nitrogens with one attached hydrogen (secondary N) is 1. The van der Waals surface area contributed by atoms with Crippen molar-refractivity contribution in [3.63, 3.8) is 0 Å². The largest absolute Gasteiger partial charge is 0.391 e. The SMILES string of the molecule is CCC(O)CNC(=O)c1c(C)nc(C)nc1SC. The van der Waals surface area contributed by atoms with Crippen molar-refractivity contribution in [2.24, 2.45) is 0 Å². The molecule has 0 saturated carbocycles. The Bertz CT molecular complexity index is 438. The zero-order valence-electron chi connectivity index (χ0n) is 11.1. The van der Waals surface area contributed by atoms with Crippen LogP contribution in [-0.2, 0) is 0 Å². The molecule has 0 aromatic carbocycles. The summed E-state index contributed by atoms with van der Waals surface area (Å²) in [6.45, 7) is 5.70. The topological polar surface area (TPSA) is 75.1 Å². The summed E-state index contributed by atoms with van der Waals surface area (Å²) < 4.78 is 0. The molecule has 1 unspecified atom stereocenters. The maximum absolute atomic E-state index is 12.1. The Kier molecular flexibility index (Phi) is 5.55. The standard InChI is InChI=1S/C12H19N3O2S/c1-5-9(16)6-13-11(17)10-7(2)14-8(3)15-12(10)18-4/h9,16H,5-6H2,1-4H3,(H,13,17). The molecule has 0 aliphatic rings. The molecule has 1 atom stereocenters. The van der Waals surface area contributed by atoms with E-state index in [2.05, 4.69) is 15.3 Å². The summed E-state index contributed by atoms with van der Waals surface area (Å²) in [4.78, 5) is 20.5. The van der Waals surface area contributed by atoms with Gasteiger partial charge in [-0.25, -0.2) is 9.97 Å². The number of carbonyl (C=O) groups excluding carboxylic acids is 1. The summed E-state index contributed by atoms with van der Waals surface area (Å²) in [6.07, 6.45) is 1.97. The summed E-state index contributed by atoms with van der Waals surface area (Å²) in [7, 11) is 0. The number of carbonyl (C=O) groups is 1. The van der Waals surface area contributed by atoms with Gasteiger partial charge in [-0.1, -0.05) is 6.92 Å². The molecule has 2 N–H and O–H groups in total. The monoisotopic (exact) mass is 269 g/mol. The maximum Gasteiger partial charge on any atom is 0.255 e. The molecule has 0 saturated heterocycles. The molecule has 6 heteroatoms. The van der Waals surface area contributed by atoms with Gasteiger partial charge in [0.15, 0.2) is 0 Å². The van der Waals surface area contributed by atoms with E-state index in [0.717, 1.165) is 0 Å². The summed E-state index contributed by atoms with van der Waals surface area (Å²) >= 11 is 1.42. The third-order valence-electron chi connectivity index (χ3n) is 2.56. The van der Waals surface area contributed by atoms with Gasteiger partial charge < -0.3 is 10.4 Å². The summed E-state index contributed by atoms with van der Waals surface area (Å²) in [6, 6.07) is 0. The number of rotatable bonds is 5. The van der Waals surface area contributed by atoms with Crippen molar-refractivity contribution in [3.8, 4) is 0 Å². The minimum atomic E-state index is -0.515. The van der Waals surface area contributed by atoms with E-state index in [4.69, 9.17) is 0 Å². The Morgan fingerprint density at radius 3 is 2.67 bits per heavy atom. The minimum Gasteiger partial charge on any atom is -0.391 e. The van der Waals surface area contributed by atoms with E-state index in [1.54, 1.807) is 13.8 Å². The van der Waals surface area contributed by atoms with Gasteiger partial charge in [0.25, 0.3) is 5.91 Å². The van der Waals surface area contributed by atoms with Crippen LogP contribution in [-0.4, -0.2) is 39.9 Å². The zero-order chi connectivity index (χ0) is 13.7. The summed E-state index contributed by atoms with van der Waals surface area (Å²) in [5, 5.41) is 12.8. The van der Waals surface area contributed by atoms with Crippen LogP contribution < -0.4 is 5.32 Å². The molecule has 0 spiro atoms. The molecular formula is C12H19N3O2S. The number of aliphatic hydroxyl groups is 1. The first-order chi connectivity index (χ1) is 8.49. The lowest BCUT2D eigenvalue weighted by Crippen LogP contribution is -2.32. The van der Waals surface area contributed by atoms with Crippen LogP contribution >= 0.6 is 11.8 Å². The first-order valence-corrected chi connectivity index (χ1v) is 7.07. The van der Waals surface area contributed by atoms with Crippen molar-refractivity contribution in [1.29, 1.82) is 0 Å². The normalized spacial score (nSPS) is 12.3. The van der Waals surface area contributed by atoms with Crippen LogP contribution in [0.4, 0.5) is 0 Å². The lowest BCUT2D eigenvalue weighted by molar-refractivity contribution is 0.0909. The molecule has 0 fully saturated rings. The van der Waals surface area contributed by atoms with E-state index in [0.29, 0.717) is 28.5 Å². The lowest BCUT2D eigenvalue weighted by atomic mass is 10.2. The molecule has 0 bridgehead atoms. The average Bonchev–Trinajstić information content (AvgIpc) is 2.34. The Balaban J connectivity index is 2.91. The van der Waals surface area contributed by atoms with E-state index < -0.39 is 6.10 Å². The molecule has 0 radical (unpaired) electrons. The molecule has 1 aromatic rings. The number of aromatic nitrogens is 2. The number of hydrogen-bond acceptors (Lipinski definition) is 5. The Morgan fingerprint density at radius 1 is 1.44 bits per heavy atom. The van der Waals surface area contributed by atoms with Crippen LogP contribution in [0.2, 0.25) is 0 Å². The second kappa shape index (κ2) is 6.70. The molecular weight excluding hydrogens is 250 g/mol. The smallest absolute Gasteiger partial charge is 0.255 e. The van der Waals surface area contributed by atoms with Gasteiger partial charge in [0.1, 0.15) is 10.9 Å². The van der Waals surface area contributed by atoms with Crippen molar-refractivity contribution in [2.45, 2.75) is 38.3 Å². The highest BCUT2D eigenvalue weighted by Crippen LogP contribution is 2.20. The van der Waals surface area contributed by atoms with E-state index >= 15 is 0 Å². The molecule has 0 aliphatic heterocycles. The molecule has 5 nitrogen and oxygen atoms in total. The molecule has 1 rings (SSSR count). The number of thioether (sulfide) groups is 1. The molecule has 1 aromatic heterocycles. The predicted molar refractivity (Wildman–Crippen MR) is 71.9 cm³/mol. The van der Waals surface area contributed by atoms with Gasteiger partial charge in [-0.3, -0.25) is 4.79 Å². The van der Waals surface area contributed by atoms with Gasteiger partial charge in [0.05, 0.1) is 17.4 Å². The second-order valence-corrected chi connectivity index (χ2v) is 4.81. The fraction of sp³-hybridized carbons (Fsp3) is 0.583. The average molecular weight is 269 g/mol. The lowest BCUT2D eigenvalue weighted by Gasteiger charge is -2.13. The first kappa shape index (κ1) is 14.9. The van der Waals surface area contributed by atoms with Crippen molar-refractivity contribution >= 4 is 17.7 Å². The van der Waals surface area contributed by atoms with Crippen LogP contribution in [0, 0.1) is 13.8 Å². The molecule has 100 valence electrons. The van der Waals surface area contributed by atoms with E-state index in [9.17, 15) is 9.90 Å². The fourth-order valence-corrected chi connectivity index (χ4v) is 2.20. The van der Waals surface area contributed by atoms with Crippen molar-refractivity contribution < 1.29 is 9.90 Å². The third-order valence-corrected chi connectivity index (χ3v) is 3.24. The van der Waals surface area contributed by atoms with Crippen LogP contribution in [0.15, 0.2) is 5.03 Å². The Morgan fingerprint density at radius 2 is 2.11 bits per heavy atom. The van der Waals surface area contributed by atoms with E-state index in [-0.39, 0.29) is 12.5 Å². The van der Waals surface area contributed by atoms with Crippen LogP contribution in [0.3, 0.4) is 0 Å². The Labute approximate surface area is 111 Å². The van der Waals surface area contributed by atoms with Gasteiger partial charge in [-0.2, -0.15) is 0 Å². The van der Waals surface area contributed by atoms with Crippen molar-refractivity contribution in [1.82, 2.24) is 15.3 Å². The van der Waals surface area contributed by atoms with Gasteiger partial charge in [0.2, 0.25) is 0 Å². The van der Waals surface area contributed by atoms with Gasteiger partial charge in [-0.15, -0.1) is 11.8 Å². The third kappa shape index (κ3) is 3.68. The molecule has 1 amide bonds. The number of aliphatic hydroxyl groups excluding tert-OH is 1. The highest BCUT2D eigenvalue weighted by molar-refractivity contribution is 7.98. The minimum absolute atomic E-state index is 0.232. The summed E-state index contributed by atoms with van der Waals surface area (Å²) in [5.74, 6) is 0.423. The quantitative estimate of drug-likeness (QED) is 0.623. The number of nitrogens with zero attached hydrogens (tertiary/aromatic N) is 2. The van der Waals surface area contributed by atoms with Gasteiger partial charge >= 0.3 is 0 Å². The second-order valence-electron chi connectivity index (χ2n) is 4.01. The van der Waals surface area contributed by atoms with Gasteiger partial charge in [-0.05, 0) is 26.5 Å². The predicted octanol–water partition coefficient (Wildman–Crippen LogP) is 1.32. The molecule has 1 heterocycles. The summed E-state index contributed by atoms with van der Waals surface area (Å²) in [5.41, 5.74) is 1.16. The first-order valence-electron chi connectivity index (χ1n) is 5.85. The number of amides is 1. The number of aryl methyl sites for hydroxylation is 2.